The molecule has 3 rings (SSSR count). The summed E-state index contributed by atoms with van der Waals surface area (Å²) in [6.07, 6.45) is 6.65. The lowest BCUT2D eigenvalue weighted by molar-refractivity contribution is 0.402. The van der Waals surface area contributed by atoms with Crippen LogP contribution < -0.4 is 9.46 Å². The standard InChI is InChI=1S/C17H19N5O3S/c1-13-4-5-14(25-2)15(12-13)26(23,24)21-9-11-22-10-8-20-17(22)16-18-6-3-7-19-16/h3-8,10,12,21H,9,11H2,1-2H3. The normalized spacial score (nSPS) is 11.5. The number of nitrogens with zero attached hydrogens (tertiary/aromatic N) is 4. The van der Waals surface area contributed by atoms with Crippen molar-refractivity contribution in [1.82, 2.24) is 24.2 Å². The molecule has 0 aliphatic rings. The number of hydrogen-bond acceptors (Lipinski definition) is 6. The van der Waals surface area contributed by atoms with E-state index in [9.17, 15) is 8.42 Å². The first-order valence-electron chi connectivity index (χ1n) is 7.94. The number of ether oxygens (including phenoxy) is 1. The van der Waals surface area contributed by atoms with Gasteiger partial charge in [0.2, 0.25) is 10.0 Å². The highest BCUT2D eigenvalue weighted by Crippen LogP contribution is 2.24. The molecule has 1 N–H and O–H groups in total. The molecule has 0 fully saturated rings. The number of rotatable bonds is 7. The second kappa shape index (κ2) is 7.63. The number of hydrogen-bond donors (Lipinski definition) is 1. The Morgan fingerprint density at radius 1 is 1.15 bits per heavy atom. The monoisotopic (exact) mass is 373 g/mol. The number of aromatic nitrogens is 4. The molecule has 3 aromatic rings. The van der Waals surface area contributed by atoms with Crippen molar-refractivity contribution in [2.24, 2.45) is 0 Å². The molecule has 0 atom stereocenters. The zero-order valence-electron chi connectivity index (χ0n) is 14.5. The number of imidazole rings is 1. The lowest BCUT2D eigenvalue weighted by Gasteiger charge is -2.12. The number of methoxy groups -OCH3 is 1. The van der Waals surface area contributed by atoms with Gasteiger partial charge in [0, 0.05) is 37.9 Å². The maximum atomic E-state index is 12.6. The van der Waals surface area contributed by atoms with E-state index in [4.69, 9.17) is 4.74 Å². The van der Waals surface area contributed by atoms with E-state index in [1.165, 1.54) is 7.11 Å². The number of nitrogens with one attached hydrogen (secondary N) is 1. The van der Waals surface area contributed by atoms with Crippen LogP contribution in [0.25, 0.3) is 11.6 Å². The van der Waals surface area contributed by atoms with Crippen LogP contribution in [0.2, 0.25) is 0 Å². The molecule has 0 bridgehead atoms. The minimum atomic E-state index is -3.70. The van der Waals surface area contributed by atoms with Crippen LogP contribution in [0, 0.1) is 6.92 Å². The van der Waals surface area contributed by atoms with Crippen molar-refractivity contribution in [3.05, 3.63) is 54.6 Å². The second-order valence-electron chi connectivity index (χ2n) is 5.57. The maximum Gasteiger partial charge on any atom is 0.244 e. The molecule has 9 heteroatoms. The summed E-state index contributed by atoms with van der Waals surface area (Å²) < 4.78 is 34.8. The van der Waals surface area contributed by atoms with Gasteiger partial charge >= 0.3 is 0 Å². The Morgan fingerprint density at radius 3 is 2.65 bits per heavy atom. The number of sulfonamides is 1. The lowest BCUT2D eigenvalue weighted by atomic mass is 10.2. The highest BCUT2D eigenvalue weighted by molar-refractivity contribution is 7.89. The molecule has 2 heterocycles. The van der Waals surface area contributed by atoms with E-state index in [1.54, 1.807) is 53.6 Å². The molecule has 0 radical (unpaired) electrons. The summed E-state index contributed by atoms with van der Waals surface area (Å²) in [5, 5.41) is 0. The summed E-state index contributed by atoms with van der Waals surface area (Å²) in [6.45, 7) is 2.41. The second-order valence-corrected chi connectivity index (χ2v) is 7.30. The Balaban J connectivity index is 1.73. The van der Waals surface area contributed by atoms with Crippen molar-refractivity contribution in [3.63, 3.8) is 0 Å². The predicted octanol–water partition coefficient (Wildman–Crippen LogP) is 1.64. The molecular formula is C17H19N5O3S. The molecule has 0 aliphatic heterocycles. The molecule has 0 spiro atoms. The zero-order chi connectivity index (χ0) is 18.6. The van der Waals surface area contributed by atoms with Crippen molar-refractivity contribution in [3.8, 4) is 17.4 Å². The van der Waals surface area contributed by atoms with Crippen molar-refractivity contribution < 1.29 is 13.2 Å². The molecule has 2 aromatic heterocycles. The van der Waals surface area contributed by atoms with Crippen molar-refractivity contribution in [2.45, 2.75) is 18.4 Å². The Morgan fingerprint density at radius 2 is 1.92 bits per heavy atom. The Bertz CT molecular complexity index is 987. The maximum absolute atomic E-state index is 12.6. The summed E-state index contributed by atoms with van der Waals surface area (Å²) >= 11 is 0. The van der Waals surface area contributed by atoms with E-state index in [-0.39, 0.29) is 11.4 Å². The van der Waals surface area contributed by atoms with Gasteiger partial charge < -0.3 is 9.30 Å². The summed E-state index contributed by atoms with van der Waals surface area (Å²) in [4.78, 5) is 12.7. The van der Waals surface area contributed by atoms with Gasteiger partial charge in [0.25, 0.3) is 0 Å². The first kappa shape index (κ1) is 18.0. The fraction of sp³-hybridized carbons (Fsp3) is 0.235. The summed E-state index contributed by atoms with van der Waals surface area (Å²) in [6, 6.07) is 6.75. The molecule has 0 saturated heterocycles. The minimum Gasteiger partial charge on any atom is -0.495 e. The van der Waals surface area contributed by atoms with Crippen LogP contribution in [-0.2, 0) is 16.6 Å². The average molecular weight is 373 g/mol. The van der Waals surface area contributed by atoms with Crippen LogP contribution in [0.4, 0.5) is 0 Å². The molecular weight excluding hydrogens is 354 g/mol. The summed E-state index contributed by atoms with van der Waals surface area (Å²) in [7, 11) is -2.25. The first-order valence-corrected chi connectivity index (χ1v) is 9.42. The van der Waals surface area contributed by atoms with Crippen molar-refractivity contribution in [1.29, 1.82) is 0 Å². The molecule has 0 unspecified atom stereocenters. The topological polar surface area (TPSA) is 99.0 Å². The van der Waals surface area contributed by atoms with E-state index in [0.29, 0.717) is 23.9 Å². The largest absolute Gasteiger partial charge is 0.495 e. The van der Waals surface area contributed by atoms with Gasteiger partial charge in [-0.15, -0.1) is 0 Å². The summed E-state index contributed by atoms with van der Waals surface area (Å²) in [5.74, 6) is 1.38. The van der Waals surface area contributed by atoms with Crippen LogP contribution in [-0.4, -0.2) is 41.6 Å². The van der Waals surface area contributed by atoms with Crippen LogP contribution in [0.3, 0.4) is 0 Å². The Kier molecular flexibility index (Phi) is 5.29. The van der Waals surface area contributed by atoms with Gasteiger partial charge in [-0.1, -0.05) is 6.07 Å². The van der Waals surface area contributed by atoms with E-state index in [0.717, 1.165) is 5.56 Å². The number of benzene rings is 1. The van der Waals surface area contributed by atoms with Gasteiger partial charge in [-0.25, -0.2) is 28.1 Å². The van der Waals surface area contributed by atoms with Gasteiger partial charge in [0.1, 0.15) is 10.6 Å². The third kappa shape index (κ3) is 3.89. The van der Waals surface area contributed by atoms with Gasteiger partial charge in [0.15, 0.2) is 11.6 Å². The third-order valence-electron chi connectivity index (χ3n) is 3.73. The fourth-order valence-corrected chi connectivity index (χ4v) is 3.76. The van der Waals surface area contributed by atoms with Crippen LogP contribution >= 0.6 is 0 Å². The lowest BCUT2D eigenvalue weighted by Crippen LogP contribution is -2.28. The molecule has 8 nitrogen and oxygen atoms in total. The fourth-order valence-electron chi connectivity index (χ4n) is 2.48. The van der Waals surface area contributed by atoms with Gasteiger partial charge in [-0.05, 0) is 30.7 Å². The van der Waals surface area contributed by atoms with Gasteiger partial charge in [0.05, 0.1) is 7.11 Å². The molecule has 136 valence electrons. The van der Waals surface area contributed by atoms with E-state index in [1.807, 2.05) is 6.92 Å². The first-order chi connectivity index (χ1) is 12.5. The highest BCUT2D eigenvalue weighted by atomic mass is 32.2. The quantitative estimate of drug-likeness (QED) is 0.676. The molecule has 0 amide bonds. The SMILES string of the molecule is COc1ccc(C)cc1S(=O)(=O)NCCn1ccnc1-c1ncccn1. The van der Waals surface area contributed by atoms with Crippen molar-refractivity contribution >= 4 is 10.0 Å². The van der Waals surface area contributed by atoms with Crippen LogP contribution in [0.15, 0.2) is 53.9 Å². The van der Waals surface area contributed by atoms with Gasteiger partial charge in [-0.3, -0.25) is 0 Å². The molecule has 0 aliphatic carbocycles. The molecule has 1 aromatic carbocycles. The predicted molar refractivity (Wildman–Crippen MR) is 96.2 cm³/mol. The van der Waals surface area contributed by atoms with Crippen LogP contribution in [0.1, 0.15) is 5.56 Å². The van der Waals surface area contributed by atoms with E-state index in [2.05, 4.69) is 19.7 Å². The van der Waals surface area contributed by atoms with E-state index < -0.39 is 10.0 Å². The Hall–Kier alpha value is -2.78. The average Bonchev–Trinajstić information content (AvgIpc) is 3.11. The number of aryl methyl sites for hydroxylation is 1. The van der Waals surface area contributed by atoms with Gasteiger partial charge in [-0.2, -0.15) is 0 Å². The minimum absolute atomic E-state index is 0.122. The Labute approximate surface area is 152 Å². The molecule has 0 saturated carbocycles. The third-order valence-corrected chi connectivity index (χ3v) is 5.22. The van der Waals surface area contributed by atoms with Crippen LogP contribution in [0.5, 0.6) is 5.75 Å². The van der Waals surface area contributed by atoms with E-state index >= 15 is 0 Å². The smallest absolute Gasteiger partial charge is 0.244 e. The summed E-state index contributed by atoms with van der Waals surface area (Å²) in [5.41, 5.74) is 0.837. The molecule has 26 heavy (non-hydrogen) atoms. The zero-order valence-corrected chi connectivity index (χ0v) is 15.3. The highest BCUT2D eigenvalue weighted by Gasteiger charge is 2.19. The van der Waals surface area contributed by atoms with Crippen molar-refractivity contribution in [2.75, 3.05) is 13.7 Å².